The van der Waals surface area contributed by atoms with Gasteiger partial charge in [-0.2, -0.15) is 0 Å². The Morgan fingerprint density at radius 3 is 2.70 bits per heavy atom. The molecule has 2 aromatic carbocycles. The predicted octanol–water partition coefficient (Wildman–Crippen LogP) is 4.62. The molecule has 0 amide bonds. The quantitative estimate of drug-likeness (QED) is 0.439. The van der Waals surface area contributed by atoms with Crippen LogP contribution in [0.3, 0.4) is 0 Å². The summed E-state index contributed by atoms with van der Waals surface area (Å²) in [6.45, 7) is 2.07. The number of methoxy groups -OCH3 is 1. The van der Waals surface area contributed by atoms with Crippen molar-refractivity contribution in [3.63, 3.8) is 0 Å². The van der Waals surface area contributed by atoms with Crippen LogP contribution < -0.4 is 0 Å². The average molecular weight is 330 g/mol. The number of hydrogen-bond donors (Lipinski definition) is 0. The highest BCUT2D eigenvalue weighted by molar-refractivity contribution is 7.94. The van der Waals surface area contributed by atoms with Gasteiger partial charge in [0, 0.05) is 50.1 Å². The lowest BCUT2D eigenvalue weighted by atomic mass is 9.93. The van der Waals surface area contributed by atoms with E-state index in [1.54, 1.807) is 7.11 Å². The van der Waals surface area contributed by atoms with Gasteiger partial charge < -0.3 is 13.7 Å². The summed E-state index contributed by atoms with van der Waals surface area (Å²) in [5.41, 5.74) is -0.185. The van der Waals surface area contributed by atoms with E-state index in [0.29, 0.717) is 6.61 Å². The molecule has 1 heterocycles. The average Bonchev–Trinajstić information content (AvgIpc) is 2.62. The smallest absolute Gasteiger partial charge is 0.0903 e. The molecule has 3 rings (SSSR count). The van der Waals surface area contributed by atoms with E-state index < -0.39 is 0 Å². The summed E-state index contributed by atoms with van der Waals surface area (Å²) < 4.78 is 16.8. The molecule has 122 valence electrons. The zero-order valence-electron chi connectivity index (χ0n) is 13.4. The number of benzene rings is 2. The summed E-state index contributed by atoms with van der Waals surface area (Å²) in [6, 6.07) is 14.7. The fraction of sp³-hybridized carbons (Fsp3) is 0.368. The van der Waals surface area contributed by atoms with Crippen molar-refractivity contribution in [3.8, 4) is 0 Å². The number of ether oxygens (including phenoxy) is 2. The molecular formula is C19H22O3S. The normalized spacial score (nSPS) is 17.8. The Kier molecular flexibility index (Phi) is 5.73. The molecule has 0 radical (unpaired) electrons. The van der Waals surface area contributed by atoms with Crippen LogP contribution in [-0.2, 0) is 13.7 Å². The van der Waals surface area contributed by atoms with Crippen molar-refractivity contribution in [2.45, 2.75) is 23.3 Å². The van der Waals surface area contributed by atoms with Gasteiger partial charge in [0.25, 0.3) is 0 Å². The van der Waals surface area contributed by atoms with Gasteiger partial charge in [-0.1, -0.05) is 42.5 Å². The topological polar surface area (TPSA) is 27.7 Å². The van der Waals surface area contributed by atoms with Crippen molar-refractivity contribution in [2.75, 3.05) is 26.9 Å². The third-order valence-electron chi connectivity index (χ3n) is 4.21. The summed E-state index contributed by atoms with van der Waals surface area (Å²) >= 11 is 1.41. The summed E-state index contributed by atoms with van der Waals surface area (Å²) in [5.74, 6) is 0. The molecule has 1 saturated heterocycles. The second kappa shape index (κ2) is 7.97. The molecule has 0 unspecified atom stereocenters. The molecule has 2 aromatic rings. The summed E-state index contributed by atoms with van der Waals surface area (Å²) in [6.07, 6.45) is 5.97. The van der Waals surface area contributed by atoms with Gasteiger partial charge in [0.1, 0.15) is 0 Å². The summed E-state index contributed by atoms with van der Waals surface area (Å²) in [5, 5.41) is 2.48. The van der Waals surface area contributed by atoms with Gasteiger partial charge in [0.2, 0.25) is 0 Å². The van der Waals surface area contributed by atoms with Crippen molar-refractivity contribution in [2.24, 2.45) is 0 Å². The van der Waals surface area contributed by atoms with Gasteiger partial charge in [-0.3, -0.25) is 0 Å². The highest BCUT2D eigenvalue weighted by atomic mass is 32.2. The lowest BCUT2D eigenvalue weighted by Gasteiger charge is -2.33. The van der Waals surface area contributed by atoms with Crippen LogP contribution >= 0.6 is 12.0 Å². The van der Waals surface area contributed by atoms with E-state index in [1.807, 2.05) is 6.08 Å². The molecular weight excluding hydrogens is 308 g/mol. The molecule has 0 bridgehead atoms. The lowest BCUT2D eigenvalue weighted by Crippen LogP contribution is -2.36. The van der Waals surface area contributed by atoms with Crippen molar-refractivity contribution in [1.82, 2.24) is 0 Å². The van der Waals surface area contributed by atoms with Gasteiger partial charge in [0.15, 0.2) is 0 Å². The molecule has 1 aliphatic heterocycles. The minimum absolute atomic E-state index is 0.185. The van der Waals surface area contributed by atoms with E-state index in [2.05, 4.69) is 48.5 Å². The highest BCUT2D eigenvalue weighted by Gasteiger charge is 2.29. The van der Waals surface area contributed by atoms with Crippen LogP contribution in [0.25, 0.3) is 10.8 Å². The Bertz CT molecular complexity index is 662. The van der Waals surface area contributed by atoms with Crippen LogP contribution in [-0.4, -0.2) is 32.5 Å². The molecule has 0 saturated carbocycles. The number of rotatable bonds is 6. The summed E-state index contributed by atoms with van der Waals surface area (Å²) in [4.78, 5) is 1.12. The van der Waals surface area contributed by atoms with Crippen molar-refractivity contribution in [3.05, 3.63) is 54.6 Å². The van der Waals surface area contributed by atoms with E-state index in [4.69, 9.17) is 13.7 Å². The molecule has 3 nitrogen and oxygen atoms in total. The number of fused-ring (bicyclic) bond motifs is 1. The standard InChI is InChI=1S/C19H22O3S/c1-20-19(10-13-21-14-11-19)9-4-12-22-23-18-8-7-16-5-2-3-6-17(16)15-18/h2-9,15H,10-14H2,1H3/b9-4+. The van der Waals surface area contributed by atoms with Crippen LogP contribution in [0.2, 0.25) is 0 Å². The molecule has 0 aromatic heterocycles. The first-order valence-electron chi connectivity index (χ1n) is 7.90. The first kappa shape index (κ1) is 16.5. The fourth-order valence-electron chi connectivity index (χ4n) is 2.78. The van der Waals surface area contributed by atoms with Gasteiger partial charge >= 0.3 is 0 Å². The molecule has 0 spiro atoms. The minimum Gasteiger partial charge on any atom is -0.381 e. The largest absolute Gasteiger partial charge is 0.381 e. The highest BCUT2D eigenvalue weighted by Crippen LogP contribution is 2.27. The molecule has 1 fully saturated rings. The first-order valence-corrected chi connectivity index (χ1v) is 8.64. The Morgan fingerprint density at radius 1 is 1.13 bits per heavy atom. The van der Waals surface area contributed by atoms with Crippen LogP contribution in [0.4, 0.5) is 0 Å². The SMILES string of the molecule is COC1(/C=C/COSc2ccc3ccccc3c2)CCOCC1. The maximum atomic E-state index is 5.69. The van der Waals surface area contributed by atoms with Gasteiger partial charge in [-0.05, 0) is 22.9 Å². The van der Waals surface area contributed by atoms with Gasteiger partial charge in [-0.15, -0.1) is 0 Å². The fourth-order valence-corrected chi connectivity index (χ4v) is 3.36. The first-order chi connectivity index (χ1) is 11.3. The van der Waals surface area contributed by atoms with Crippen LogP contribution in [0.1, 0.15) is 12.8 Å². The summed E-state index contributed by atoms with van der Waals surface area (Å²) in [7, 11) is 1.76. The zero-order chi connectivity index (χ0) is 16.0. The molecule has 1 aliphatic rings. The van der Waals surface area contributed by atoms with E-state index in [1.165, 1.54) is 22.8 Å². The third kappa shape index (κ3) is 4.36. The zero-order valence-corrected chi connectivity index (χ0v) is 14.2. The van der Waals surface area contributed by atoms with E-state index in [9.17, 15) is 0 Å². The minimum atomic E-state index is -0.185. The van der Waals surface area contributed by atoms with Gasteiger partial charge in [-0.25, -0.2) is 0 Å². The molecule has 0 N–H and O–H groups in total. The van der Waals surface area contributed by atoms with Crippen molar-refractivity contribution in [1.29, 1.82) is 0 Å². The lowest BCUT2D eigenvalue weighted by molar-refractivity contribution is -0.0587. The van der Waals surface area contributed by atoms with Crippen LogP contribution in [0.15, 0.2) is 59.5 Å². The molecule has 4 heteroatoms. The Labute approximate surface area is 141 Å². The third-order valence-corrected chi connectivity index (χ3v) is 4.91. The predicted molar refractivity (Wildman–Crippen MR) is 94.7 cm³/mol. The van der Waals surface area contributed by atoms with E-state index in [-0.39, 0.29) is 5.60 Å². The maximum Gasteiger partial charge on any atom is 0.0903 e. The molecule has 0 aliphatic carbocycles. The van der Waals surface area contributed by atoms with Crippen molar-refractivity contribution < 1.29 is 13.7 Å². The Balaban J connectivity index is 1.51. The van der Waals surface area contributed by atoms with Crippen LogP contribution in [0.5, 0.6) is 0 Å². The molecule has 0 atom stereocenters. The second-order valence-corrected chi connectivity index (χ2v) is 6.53. The maximum absolute atomic E-state index is 5.69. The second-order valence-electron chi connectivity index (χ2n) is 5.66. The monoisotopic (exact) mass is 330 g/mol. The Morgan fingerprint density at radius 2 is 1.91 bits per heavy atom. The molecule has 23 heavy (non-hydrogen) atoms. The van der Waals surface area contributed by atoms with Gasteiger partial charge in [0.05, 0.1) is 12.2 Å². The van der Waals surface area contributed by atoms with E-state index in [0.717, 1.165) is 31.0 Å². The van der Waals surface area contributed by atoms with Crippen LogP contribution in [0, 0.1) is 0 Å². The number of hydrogen-bond acceptors (Lipinski definition) is 4. The van der Waals surface area contributed by atoms with E-state index >= 15 is 0 Å². The Hall–Kier alpha value is -1.33. The van der Waals surface area contributed by atoms with Crippen molar-refractivity contribution >= 4 is 22.8 Å².